The van der Waals surface area contributed by atoms with E-state index in [1.807, 2.05) is 0 Å². The number of halogens is 2. The normalized spacial score (nSPS) is 10.3. The number of amides is 1. The van der Waals surface area contributed by atoms with E-state index in [9.17, 15) is 14.0 Å². The molecule has 0 saturated heterocycles. The van der Waals surface area contributed by atoms with Crippen molar-refractivity contribution in [1.29, 1.82) is 0 Å². The van der Waals surface area contributed by atoms with Crippen LogP contribution in [0.25, 0.3) is 0 Å². The third-order valence-electron chi connectivity index (χ3n) is 2.90. The molecule has 22 heavy (non-hydrogen) atoms. The molecule has 0 atom stereocenters. The van der Waals surface area contributed by atoms with Crippen molar-refractivity contribution in [2.75, 3.05) is 17.2 Å². The van der Waals surface area contributed by atoms with Crippen molar-refractivity contribution in [2.45, 2.75) is 0 Å². The summed E-state index contributed by atoms with van der Waals surface area (Å²) in [5.74, 6) is -2.56. The van der Waals surface area contributed by atoms with Crippen LogP contribution in [-0.2, 0) is 4.79 Å². The highest BCUT2D eigenvalue weighted by atomic mass is 79.9. The second kappa shape index (κ2) is 6.57. The summed E-state index contributed by atoms with van der Waals surface area (Å²) in [5, 5.41) is 8.99. The number of anilines is 2. The van der Waals surface area contributed by atoms with Gasteiger partial charge in [-0.3, -0.25) is 14.5 Å². The van der Waals surface area contributed by atoms with Crippen LogP contribution >= 0.6 is 15.9 Å². The minimum Gasteiger partial charge on any atom is -0.480 e. The lowest BCUT2D eigenvalue weighted by molar-refractivity contribution is -0.135. The Bertz CT molecular complexity index is 719. The van der Waals surface area contributed by atoms with Gasteiger partial charge in [0.1, 0.15) is 12.4 Å². The van der Waals surface area contributed by atoms with Gasteiger partial charge in [-0.15, -0.1) is 0 Å². The van der Waals surface area contributed by atoms with E-state index in [4.69, 9.17) is 10.8 Å². The van der Waals surface area contributed by atoms with Gasteiger partial charge in [-0.25, -0.2) is 4.39 Å². The van der Waals surface area contributed by atoms with Crippen LogP contribution in [0.2, 0.25) is 0 Å². The minimum atomic E-state index is -1.24. The Morgan fingerprint density at radius 3 is 2.36 bits per heavy atom. The molecule has 114 valence electrons. The number of carboxylic acid groups (broad SMARTS) is 1. The maximum Gasteiger partial charge on any atom is 0.323 e. The zero-order valence-corrected chi connectivity index (χ0v) is 12.9. The van der Waals surface area contributed by atoms with E-state index in [1.54, 1.807) is 0 Å². The molecule has 2 rings (SSSR count). The first-order valence-electron chi connectivity index (χ1n) is 6.22. The van der Waals surface area contributed by atoms with E-state index in [0.29, 0.717) is 10.2 Å². The molecule has 5 nitrogen and oxygen atoms in total. The van der Waals surface area contributed by atoms with Crippen molar-refractivity contribution in [2.24, 2.45) is 0 Å². The number of carbonyl (C=O) groups is 2. The Kier molecular flexibility index (Phi) is 4.77. The van der Waals surface area contributed by atoms with Gasteiger partial charge in [-0.05, 0) is 42.5 Å². The highest BCUT2D eigenvalue weighted by molar-refractivity contribution is 9.10. The standard InChI is InChI=1S/C15H12BrFN2O3/c16-10-3-6-13(12(17)7-10)19(8-14(20)21)15(22)9-1-4-11(18)5-2-9/h1-7H,8,18H2,(H,20,21). The van der Waals surface area contributed by atoms with Gasteiger partial charge in [0, 0.05) is 15.7 Å². The molecule has 0 aliphatic rings. The van der Waals surface area contributed by atoms with Crippen LogP contribution in [0.3, 0.4) is 0 Å². The number of benzene rings is 2. The van der Waals surface area contributed by atoms with Gasteiger partial charge in [0.05, 0.1) is 5.69 Å². The second-order valence-corrected chi connectivity index (χ2v) is 5.42. The van der Waals surface area contributed by atoms with Crippen molar-refractivity contribution >= 4 is 39.2 Å². The van der Waals surface area contributed by atoms with Gasteiger partial charge in [0.2, 0.25) is 0 Å². The van der Waals surface area contributed by atoms with Crippen LogP contribution in [0.4, 0.5) is 15.8 Å². The van der Waals surface area contributed by atoms with Gasteiger partial charge < -0.3 is 10.8 Å². The van der Waals surface area contributed by atoms with Crippen LogP contribution < -0.4 is 10.6 Å². The molecule has 0 saturated carbocycles. The molecule has 2 aromatic carbocycles. The Labute approximate surface area is 134 Å². The first-order chi connectivity index (χ1) is 10.4. The third kappa shape index (κ3) is 3.62. The molecule has 7 heteroatoms. The van der Waals surface area contributed by atoms with Gasteiger partial charge >= 0.3 is 5.97 Å². The lowest BCUT2D eigenvalue weighted by Gasteiger charge is -2.21. The zero-order valence-electron chi connectivity index (χ0n) is 11.3. The van der Waals surface area contributed by atoms with Crippen molar-refractivity contribution < 1.29 is 19.1 Å². The smallest absolute Gasteiger partial charge is 0.323 e. The molecule has 0 heterocycles. The second-order valence-electron chi connectivity index (χ2n) is 4.50. The van der Waals surface area contributed by atoms with Gasteiger partial charge in [0.15, 0.2) is 0 Å². The van der Waals surface area contributed by atoms with Crippen molar-refractivity contribution in [3.05, 3.63) is 58.3 Å². The number of hydrogen-bond acceptors (Lipinski definition) is 3. The fourth-order valence-electron chi connectivity index (χ4n) is 1.88. The Balaban J connectivity index is 2.43. The summed E-state index contributed by atoms with van der Waals surface area (Å²) < 4.78 is 14.5. The number of aliphatic carboxylic acids is 1. The molecule has 0 aromatic heterocycles. The summed E-state index contributed by atoms with van der Waals surface area (Å²) >= 11 is 3.11. The number of carboxylic acids is 1. The molecule has 0 spiro atoms. The highest BCUT2D eigenvalue weighted by Crippen LogP contribution is 2.25. The first-order valence-corrected chi connectivity index (χ1v) is 7.02. The molecular formula is C15H12BrFN2O3. The largest absolute Gasteiger partial charge is 0.480 e. The Morgan fingerprint density at radius 1 is 1.18 bits per heavy atom. The van der Waals surface area contributed by atoms with Crippen molar-refractivity contribution in [3.63, 3.8) is 0 Å². The monoisotopic (exact) mass is 366 g/mol. The fraction of sp³-hybridized carbons (Fsp3) is 0.0667. The third-order valence-corrected chi connectivity index (χ3v) is 3.39. The maximum atomic E-state index is 14.1. The van der Waals surface area contributed by atoms with E-state index in [0.717, 1.165) is 4.90 Å². The van der Waals surface area contributed by atoms with E-state index >= 15 is 0 Å². The molecule has 0 radical (unpaired) electrons. The molecule has 3 N–H and O–H groups in total. The summed E-state index contributed by atoms with van der Waals surface area (Å²) in [6.45, 7) is -0.651. The topological polar surface area (TPSA) is 83.6 Å². The lowest BCUT2D eigenvalue weighted by atomic mass is 10.1. The number of nitrogen functional groups attached to an aromatic ring is 1. The van der Waals surface area contributed by atoms with Crippen LogP contribution in [0.5, 0.6) is 0 Å². The van der Waals surface area contributed by atoms with Gasteiger partial charge in [-0.2, -0.15) is 0 Å². The Morgan fingerprint density at radius 2 is 1.82 bits per heavy atom. The average Bonchev–Trinajstić information content (AvgIpc) is 2.45. The van der Waals surface area contributed by atoms with Gasteiger partial charge in [0.25, 0.3) is 5.91 Å². The van der Waals surface area contributed by atoms with Crippen molar-refractivity contribution in [3.8, 4) is 0 Å². The van der Waals surface area contributed by atoms with Crippen LogP contribution in [-0.4, -0.2) is 23.5 Å². The molecule has 0 unspecified atom stereocenters. The fourth-order valence-corrected chi connectivity index (χ4v) is 2.22. The molecule has 2 aromatic rings. The van der Waals surface area contributed by atoms with Crippen molar-refractivity contribution in [1.82, 2.24) is 0 Å². The summed E-state index contributed by atoms with van der Waals surface area (Å²) in [7, 11) is 0. The molecule has 0 aliphatic heterocycles. The van der Waals surface area contributed by atoms with Crippen LogP contribution in [0, 0.1) is 5.82 Å². The number of hydrogen-bond donors (Lipinski definition) is 2. The SMILES string of the molecule is Nc1ccc(C(=O)N(CC(=O)O)c2ccc(Br)cc2F)cc1. The van der Waals surface area contributed by atoms with Crippen LogP contribution in [0.1, 0.15) is 10.4 Å². The Hall–Kier alpha value is -2.41. The predicted octanol–water partition coefficient (Wildman–Crippen LogP) is 2.90. The number of nitrogens with zero attached hydrogens (tertiary/aromatic N) is 1. The molecule has 1 amide bonds. The number of nitrogens with two attached hydrogens (primary N) is 1. The van der Waals surface area contributed by atoms with Gasteiger partial charge in [-0.1, -0.05) is 15.9 Å². The van der Waals surface area contributed by atoms with E-state index in [1.165, 1.54) is 42.5 Å². The summed E-state index contributed by atoms with van der Waals surface area (Å²) in [4.78, 5) is 24.3. The summed E-state index contributed by atoms with van der Waals surface area (Å²) in [6.07, 6.45) is 0. The molecule has 0 aliphatic carbocycles. The highest BCUT2D eigenvalue weighted by Gasteiger charge is 2.23. The molecule has 0 bridgehead atoms. The number of carbonyl (C=O) groups excluding carboxylic acids is 1. The predicted molar refractivity (Wildman–Crippen MR) is 84.3 cm³/mol. The van der Waals surface area contributed by atoms with E-state index in [-0.39, 0.29) is 11.3 Å². The maximum absolute atomic E-state index is 14.1. The zero-order chi connectivity index (χ0) is 16.3. The average molecular weight is 367 g/mol. The quantitative estimate of drug-likeness (QED) is 0.814. The molecular weight excluding hydrogens is 355 g/mol. The minimum absolute atomic E-state index is 0.104. The lowest BCUT2D eigenvalue weighted by Crippen LogP contribution is -2.36. The first kappa shape index (κ1) is 16.0. The van der Waals surface area contributed by atoms with E-state index < -0.39 is 24.2 Å². The number of rotatable bonds is 4. The van der Waals surface area contributed by atoms with Crippen LogP contribution in [0.15, 0.2) is 46.9 Å². The molecule has 0 fully saturated rings. The van der Waals surface area contributed by atoms with E-state index in [2.05, 4.69) is 15.9 Å². The summed E-state index contributed by atoms with van der Waals surface area (Å²) in [5.41, 5.74) is 6.14. The summed E-state index contributed by atoms with van der Waals surface area (Å²) in [6, 6.07) is 10.0.